The van der Waals surface area contributed by atoms with Crippen molar-refractivity contribution in [3.8, 4) is 17.1 Å². The van der Waals surface area contributed by atoms with Crippen LogP contribution in [0.2, 0.25) is 5.02 Å². The van der Waals surface area contributed by atoms with E-state index in [1.165, 1.54) is 11.8 Å². The highest BCUT2D eigenvalue weighted by atomic mass is 35.5. The number of thioether (sulfide) groups is 1. The van der Waals surface area contributed by atoms with Crippen LogP contribution in [0, 0.1) is 6.92 Å². The Labute approximate surface area is 224 Å². The van der Waals surface area contributed by atoms with Gasteiger partial charge in [0.05, 0.1) is 11.5 Å². The molecule has 1 N–H and O–H groups in total. The molecular weight excluding hydrogens is 502 g/mol. The summed E-state index contributed by atoms with van der Waals surface area (Å²) in [5.74, 6) is 0.591. The third-order valence-electron chi connectivity index (χ3n) is 5.89. The first kappa shape index (κ1) is 24.7. The zero-order valence-electron chi connectivity index (χ0n) is 20.4. The minimum Gasteiger partial charge on any atom is -0.272 e. The Bertz CT molecular complexity index is 1590. The highest BCUT2D eigenvalue weighted by molar-refractivity contribution is 7.99. The van der Waals surface area contributed by atoms with Crippen LogP contribution in [0.4, 0.5) is 0 Å². The zero-order valence-corrected chi connectivity index (χ0v) is 21.9. The average Bonchev–Trinajstić information content (AvgIpc) is 3.35. The molecule has 1 aromatic heterocycles. The van der Waals surface area contributed by atoms with Gasteiger partial charge in [0.1, 0.15) is 0 Å². The number of halogens is 1. The highest BCUT2D eigenvalue weighted by Gasteiger charge is 2.17. The lowest BCUT2D eigenvalue weighted by atomic mass is 10.0. The summed E-state index contributed by atoms with van der Waals surface area (Å²) >= 11 is 7.41. The van der Waals surface area contributed by atoms with Gasteiger partial charge in [0.25, 0.3) is 5.91 Å². The highest BCUT2D eigenvalue weighted by Crippen LogP contribution is 2.29. The van der Waals surface area contributed by atoms with E-state index in [1.54, 1.807) is 0 Å². The molecule has 6 nitrogen and oxygen atoms in total. The predicted octanol–water partition coefficient (Wildman–Crippen LogP) is 6.68. The number of nitrogens with zero attached hydrogens (tertiary/aromatic N) is 4. The van der Waals surface area contributed by atoms with Gasteiger partial charge in [-0.3, -0.25) is 9.36 Å². The van der Waals surface area contributed by atoms with Crippen LogP contribution in [0.3, 0.4) is 0 Å². The number of hydrazone groups is 1. The van der Waals surface area contributed by atoms with Gasteiger partial charge in [0, 0.05) is 21.8 Å². The molecule has 0 aliphatic carbocycles. The van der Waals surface area contributed by atoms with Crippen molar-refractivity contribution in [1.82, 2.24) is 20.2 Å². The average molecular weight is 526 g/mol. The monoisotopic (exact) mass is 525 g/mol. The minimum atomic E-state index is -0.230. The van der Waals surface area contributed by atoms with Crippen LogP contribution in [0.25, 0.3) is 27.8 Å². The molecule has 1 amide bonds. The van der Waals surface area contributed by atoms with Gasteiger partial charge in [-0.25, -0.2) is 5.43 Å². The maximum atomic E-state index is 12.7. The molecule has 37 heavy (non-hydrogen) atoms. The molecule has 0 saturated heterocycles. The van der Waals surface area contributed by atoms with Crippen LogP contribution in [0.15, 0.2) is 101 Å². The number of nitrogens with one attached hydrogen (secondary N) is 1. The summed E-state index contributed by atoms with van der Waals surface area (Å²) in [4.78, 5) is 12.7. The van der Waals surface area contributed by atoms with Gasteiger partial charge in [-0.1, -0.05) is 95.7 Å². The molecule has 0 unspecified atom stereocenters. The molecule has 8 heteroatoms. The fourth-order valence-electron chi connectivity index (χ4n) is 3.99. The lowest BCUT2D eigenvalue weighted by Crippen LogP contribution is -2.21. The molecule has 0 aliphatic heterocycles. The Morgan fingerprint density at radius 3 is 2.46 bits per heavy atom. The summed E-state index contributed by atoms with van der Waals surface area (Å²) in [6.45, 7) is 3.93. The van der Waals surface area contributed by atoms with E-state index < -0.39 is 0 Å². The quantitative estimate of drug-likeness (QED) is 0.146. The van der Waals surface area contributed by atoms with Gasteiger partial charge >= 0.3 is 0 Å². The summed E-state index contributed by atoms with van der Waals surface area (Å²) in [6, 6.07) is 29.7. The van der Waals surface area contributed by atoms with E-state index in [1.807, 2.05) is 91.2 Å². The van der Waals surface area contributed by atoms with Crippen molar-refractivity contribution < 1.29 is 4.79 Å². The first-order valence-corrected chi connectivity index (χ1v) is 13.1. The molecule has 184 valence electrons. The molecule has 0 radical (unpaired) electrons. The first-order chi connectivity index (χ1) is 18.0. The molecular formula is C29H24ClN5OS. The standard InChI is InChI=1S/C29H24ClN5OS/c1-19-10-12-22(13-11-19)28-33-34-29(35(28)24-16-14-23(30)15-17-24)37-18-27(36)32-31-20(2)25-9-5-7-21-6-3-4-8-26(21)25/h3-17H,18H2,1-2H3,(H,32,36). The van der Waals surface area contributed by atoms with E-state index in [-0.39, 0.29) is 11.7 Å². The van der Waals surface area contributed by atoms with Crippen molar-refractivity contribution in [3.05, 3.63) is 107 Å². The Kier molecular flexibility index (Phi) is 7.35. The van der Waals surface area contributed by atoms with Gasteiger partial charge in [0.15, 0.2) is 11.0 Å². The van der Waals surface area contributed by atoms with E-state index >= 15 is 0 Å². The minimum absolute atomic E-state index is 0.131. The van der Waals surface area contributed by atoms with Gasteiger partial charge < -0.3 is 0 Å². The zero-order chi connectivity index (χ0) is 25.8. The lowest BCUT2D eigenvalue weighted by Gasteiger charge is -2.11. The van der Waals surface area contributed by atoms with E-state index in [0.717, 1.165) is 38.9 Å². The van der Waals surface area contributed by atoms with Crippen molar-refractivity contribution in [2.45, 2.75) is 19.0 Å². The summed E-state index contributed by atoms with van der Waals surface area (Å²) < 4.78 is 1.93. The third-order valence-corrected chi connectivity index (χ3v) is 7.07. The maximum Gasteiger partial charge on any atom is 0.250 e. The molecule has 0 aliphatic rings. The SMILES string of the molecule is CC(=NNC(=O)CSc1nnc(-c2ccc(C)cc2)n1-c1ccc(Cl)cc1)c1cccc2ccccc12. The van der Waals surface area contributed by atoms with Crippen molar-refractivity contribution in [2.24, 2.45) is 5.10 Å². The molecule has 0 bridgehead atoms. The number of rotatable bonds is 7. The van der Waals surface area contributed by atoms with Crippen LogP contribution < -0.4 is 5.43 Å². The number of carbonyl (C=O) groups is 1. The summed E-state index contributed by atoms with van der Waals surface area (Å²) in [7, 11) is 0. The number of amides is 1. The van der Waals surface area contributed by atoms with E-state index in [4.69, 9.17) is 11.6 Å². The molecule has 0 atom stereocenters. The number of fused-ring (bicyclic) bond motifs is 1. The van der Waals surface area contributed by atoms with Crippen molar-refractivity contribution in [3.63, 3.8) is 0 Å². The largest absolute Gasteiger partial charge is 0.272 e. The maximum absolute atomic E-state index is 12.7. The smallest absolute Gasteiger partial charge is 0.250 e. The van der Waals surface area contributed by atoms with E-state index in [0.29, 0.717) is 16.0 Å². The fraction of sp³-hybridized carbons (Fsp3) is 0.103. The molecule has 0 spiro atoms. The number of hydrogen-bond donors (Lipinski definition) is 1. The fourth-order valence-corrected chi connectivity index (χ4v) is 4.86. The number of aromatic nitrogens is 3. The third kappa shape index (κ3) is 5.58. The Hall–Kier alpha value is -3.94. The Balaban J connectivity index is 1.35. The van der Waals surface area contributed by atoms with Crippen LogP contribution in [-0.4, -0.2) is 32.1 Å². The first-order valence-electron chi connectivity index (χ1n) is 11.7. The Morgan fingerprint density at radius 2 is 1.68 bits per heavy atom. The van der Waals surface area contributed by atoms with Crippen LogP contribution in [-0.2, 0) is 4.79 Å². The lowest BCUT2D eigenvalue weighted by molar-refractivity contribution is -0.118. The summed E-state index contributed by atoms with van der Waals surface area (Å²) in [6.07, 6.45) is 0. The second-order valence-electron chi connectivity index (χ2n) is 8.53. The second kappa shape index (κ2) is 11.0. The topological polar surface area (TPSA) is 72.2 Å². The molecule has 4 aromatic carbocycles. The number of hydrogen-bond acceptors (Lipinski definition) is 5. The van der Waals surface area contributed by atoms with Crippen LogP contribution in [0.5, 0.6) is 0 Å². The van der Waals surface area contributed by atoms with Crippen molar-refractivity contribution in [1.29, 1.82) is 0 Å². The van der Waals surface area contributed by atoms with Gasteiger partial charge in [-0.15, -0.1) is 10.2 Å². The van der Waals surface area contributed by atoms with Crippen LogP contribution in [0.1, 0.15) is 18.1 Å². The van der Waals surface area contributed by atoms with Gasteiger partial charge in [0.2, 0.25) is 0 Å². The molecule has 5 aromatic rings. The number of carbonyl (C=O) groups excluding carboxylic acids is 1. The Morgan fingerprint density at radius 1 is 0.946 bits per heavy atom. The molecule has 5 rings (SSSR count). The summed E-state index contributed by atoms with van der Waals surface area (Å²) in [5, 5.41) is 16.6. The molecule has 0 fully saturated rings. The van der Waals surface area contributed by atoms with E-state index in [9.17, 15) is 4.79 Å². The van der Waals surface area contributed by atoms with Crippen molar-refractivity contribution in [2.75, 3.05) is 5.75 Å². The van der Waals surface area contributed by atoms with Crippen molar-refractivity contribution >= 4 is 45.8 Å². The number of benzene rings is 4. The molecule has 1 heterocycles. The number of aryl methyl sites for hydroxylation is 1. The normalized spacial score (nSPS) is 11.6. The van der Waals surface area contributed by atoms with Gasteiger partial charge in [-0.2, -0.15) is 5.10 Å². The summed E-state index contributed by atoms with van der Waals surface area (Å²) in [5.41, 5.74) is 7.35. The van der Waals surface area contributed by atoms with Crippen LogP contribution >= 0.6 is 23.4 Å². The predicted molar refractivity (Wildman–Crippen MR) is 152 cm³/mol. The molecule has 0 saturated carbocycles. The van der Waals surface area contributed by atoms with Gasteiger partial charge in [-0.05, 0) is 48.9 Å². The second-order valence-corrected chi connectivity index (χ2v) is 9.91. The van der Waals surface area contributed by atoms with E-state index in [2.05, 4.69) is 38.9 Å².